The Morgan fingerprint density at radius 1 is 1.32 bits per heavy atom. The molecular formula is C16H21N2O4+. The van der Waals surface area contributed by atoms with Crippen LogP contribution < -0.4 is 15.5 Å². The first-order chi connectivity index (χ1) is 10.7. The number of rotatable bonds is 2. The van der Waals surface area contributed by atoms with Gasteiger partial charge in [0.1, 0.15) is 5.75 Å². The highest BCUT2D eigenvalue weighted by atomic mass is 16.5. The van der Waals surface area contributed by atoms with E-state index >= 15 is 0 Å². The number of hydroxylamine groups is 1. The first kappa shape index (κ1) is 16.2. The Labute approximate surface area is 129 Å². The predicted molar refractivity (Wildman–Crippen MR) is 80.7 cm³/mol. The Hall–Kier alpha value is -2.18. The van der Waals surface area contributed by atoms with Crippen LogP contribution in [0.3, 0.4) is 0 Å². The van der Waals surface area contributed by atoms with Gasteiger partial charge in [-0.05, 0) is 23.8 Å². The summed E-state index contributed by atoms with van der Waals surface area (Å²) in [5.74, 6) is 0.0254. The fraction of sp³-hybridized carbons (Fsp3) is 0.375. The molecule has 6 heteroatoms. The van der Waals surface area contributed by atoms with E-state index in [9.17, 15) is 9.59 Å². The monoisotopic (exact) mass is 305 g/mol. The van der Waals surface area contributed by atoms with Gasteiger partial charge < -0.3 is 10.1 Å². The van der Waals surface area contributed by atoms with Crippen LogP contribution in [-0.2, 0) is 4.79 Å². The number of hydrogen-bond donors (Lipinski definition) is 3. The summed E-state index contributed by atoms with van der Waals surface area (Å²) in [6.07, 6.45) is 5.00. The van der Waals surface area contributed by atoms with E-state index in [-0.39, 0.29) is 5.78 Å². The summed E-state index contributed by atoms with van der Waals surface area (Å²) in [6.45, 7) is 2.52. The number of fused-ring (bicyclic) bond motifs is 1. The first-order valence-electron chi connectivity index (χ1n) is 7.44. The van der Waals surface area contributed by atoms with Gasteiger partial charge in [0.15, 0.2) is 5.78 Å². The fourth-order valence-corrected chi connectivity index (χ4v) is 2.30. The van der Waals surface area contributed by atoms with Crippen LogP contribution in [0.15, 0.2) is 24.3 Å². The summed E-state index contributed by atoms with van der Waals surface area (Å²) >= 11 is 0. The average molecular weight is 305 g/mol. The second kappa shape index (κ2) is 8.31. The van der Waals surface area contributed by atoms with Gasteiger partial charge in [-0.25, -0.2) is 5.48 Å². The minimum absolute atomic E-state index is 0.0483. The lowest BCUT2D eigenvalue weighted by Crippen LogP contribution is -2.84. The predicted octanol–water partition coefficient (Wildman–Crippen LogP) is 0.514. The largest absolute Gasteiger partial charge is 0.493 e. The molecule has 1 heterocycles. The lowest BCUT2D eigenvalue weighted by atomic mass is 10.0. The van der Waals surface area contributed by atoms with Crippen LogP contribution in [0.5, 0.6) is 5.75 Å². The summed E-state index contributed by atoms with van der Waals surface area (Å²) in [5.41, 5.74) is 2.78. The molecular weight excluding hydrogens is 284 g/mol. The zero-order valence-electron chi connectivity index (χ0n) is 12.4. The van der Waals surface area contributed by atoms with Gasteiger partial charge in [0.2, 0.25) is 0 Å². The summed E-state index contributed by atoms with van der Waals surface area (Å²) < 4.78 is 5.71. The second-order valence-corrected chi connectivity index (χ2v) is 5.16. The summed E-state index contributed by atoms with van der Waals surface area (Å²) in [7, 11) is 0. The second-order valence-electron chi connectivity index (χ2n) is 5.16. The Bertz CT molecular complexity index is 569. The third-order valence-corrected chi connectivity index (χ3v) is 3.46. The molecule has 22 heavy (non-hydrogen) atoms. The van der Waals surface area contributed by atoms with E-state index in [2.05, 4.69) is 5.32 Å². The van der Waals surface area contributed by atoms with Crippen molar-refractivity contribution in [2.24, 2.45) is 0 Å². The van der Waals surface area contributed by atoms with Crippen molar-refractivity contribution in [3.8, 4) is 5.75 Å². The van der Waals surface area contributed by atoms with Crippen molar-refractivity contribution in [2.75, 3.05) is 19.7 Å². The van der Waals surface area contributed by atoms with Crippen LogP contribution in [0.1, 0.15) is 35.2 Å². The molecule has 0 aromatic heterocycles. The summed E-state index contributed by atoms with van der Waals surface area (Å²) in [5, 5.41) is 10.7. The number of carbonyl (C=O) groups is 2. The van der Waals surface area contributed by atoms with Crippen LogP contribution in [0.25, 0.3) is 6.08 Å². The topological polar surface area (TPSA) is 92.2 Å². The lowest BCUT2D eigenvalue weighted by molar-refractivity contribution is -0.655. The van der Waals surface area contributed by atoms with Crippen molar-refractivity contribution in [1.29, 1.82) is 0 Å². The highest BCUT2D eigenvalue weighted by molar-refractivity contribution is 5.99. The quantitative estimate of drug-likeness (QED) is 0.422. The van der Waals surface area contributed by atoms with E-state index in [4.69, 9.17) is 9.94 Å². The Kier molecular flexibility index (Phi) is 6.12. The smallest absolute Gasteiger partial charge is 0.267 e. The lowest BCUT2D eigenvalue weighted by Gasteiger charge is -2.10. The first-order valence-corrected chi connectivity index (χ1v) is 7.44. The van der Waals surface area contributed by atoms with E-state index in [0.717, 1.165) is 25.9 Å². The third-order valence-electron chi connectivity index (χ3n) is 3.46. The number of benzene rings is 1. The van der Waals surface area contributed by atoms with Crippen molar-refractivity contribution in [1.82, 2.24) is 5.48 Å². The molecule has 0 atom stereocenters. The summed E-state index contributed by atoms with van der Waals surface area (Å²) in [6, 6.07) is 5.25. The van der Waals surface area contributed by atoms with E-state index in [1.807, 2.05) is 0 Å². The van der Waals surface area contributed by atoms with Gasteiger partial charge in [-0.3, -0.25) is 14.8 Å². The van der Waals surface area contributed by atoms with Gasteiger partial charge in [0, 0.05) is 25.3 Å². The number of ether oxygens (including phenoxy) is 1. The number of amides is 1. The third kappa shape index (κ3) is 4.68. The molecule has 0 saturated carbocycles. The van der Waals surface area contributed by atoms with Crippen molar-refractivity contribution in [3.05, 3.63) is 35.4 Å². The van der Waals surface area contributed by atoms with Crippen LogP contribution in [0.2, 0.25) is 0 Å². The van der Waals surface area contributed by atoms with Gasteiger partial charge in [0.25, 0.3) is 5.91 Å². The number of nitrogens with two attached hydrogens (primary N) is 1. The number of nitrogens with one attached hydrogen (secondary N) is 1. The van der Waals surface area contributed by atoms with Gasteiger partial charge >= 0.3 is 0 Å². The maximum atomic E-state index is 12.3. The Balaban J connectivity index is 2.23. The molecule has 6 nitrogen and oxygen atoms in total. The van der Waals surface area contributed by atoms with Crippen LogP contribution >= 0.6 is 0 Å². The van der Waals surface area contributed by atoms with Crippen molar-refractivity contribution < 1.29 is 24.8 Å². The highest BCUT2D eigenvalue weighted by Crippen LogP contribution is 2.23. The fourth-order valence-electron chi connectivity index (χ4n) is 2.30. The Morgan fingerprint density at radius 3 is 2.95 bits per heavy atom. The summed E-state index contributed by atoms with van der Waals surface area (Å²) in [4.78, 5) is 23.4. The molecule has 0 bridgehead atoms. The van der Waals surface area contributed by atoms with Gasteiger partial charge in [-0.2, -0.15) is 0 Å². The molecule has 0 radical (unpaired) electrons. The molecule has 0 aliphatic carbocycles. The molecule has 118 valence electrons. The van der Waals surface area contributed by atoms with E-state index in [0.29, 0.717) is 29.9 Å². The number of quaternary nitrogens is 1. The number of ketones is 1. The van der Waals surface area contributed by atoms with Crippen molar-refractivity contribution in [2.45, 2.75) is 19.3 Å². The zero-order chi connectivity index (χ0) is 15.8. The number of Topliss-reactive ketones (excluding diaryl/α,β-unsaturated/α-hetero) is 1. The van der Waals surface area contributed by atoms with Gasteiger partial charge in [0.05, 0.1) is 25.3 Å². The molecule has 1 amide bonds. The molecule has 2 rings (SSSR count). The van der Waals surface area contributed by atoms with Crippen LogP contribution in [0.4, 0.5) is 0 Å². The van der Waals surface area contributed by atoms with Crippen molar-refractivity contribution in [3.63, 3.8) is 0 Å². The van der Waals surface area contributed by atoms with Gasteiger partial charge in [-0.15, -0.1) is 0 Å². The molecule has 1 aromatic rings. The minimum Gasteiger partial charge on any atom is -0.493 e. The Morgan fingerprint density at radius 2 is 2.14 bits per heavy atom. The molecule has 1 aliphatic rings. The minimum atomic E-state index is -0.616. The normalized spacial score (nSPS) is 16.5. The SMILES string of the molecule is O=C(/C=C/c1ccc2c(c1)C(=O)CCC[NH2+]CCCO2)NO. The van der Waals surface area contributed by atoms with E-state index < -0.39 is 5.91 Å². The molecule has 1 aromatic carbocycles. The molecule has 0 unspecified atom stereocenters. The van der Waals surface area contributed by atoms with Crippen LogP contribution in [0, 0.1) is 0 Å². The maximum Gasteiger partial charge on any atom is 0.267 e. The molecule has 0 spiro atoms. The van der Waals surface area contributed by atoms with E-state index in [1.165, 1.54) is 17.6 Å². The number of carbonyl (C=O) groups excluding carboxylic acids is 2. The standard InChI is InChI=1S/C16H20N2O4/c19-14-3-1-8-17-9-2-10-22-15-6-4-12(11-13(14)15)5-7-16(20)18-21/h4-7,11,17,21H,1-3,8-10H2,(H,18,20)/p+1/b7-5+. The van der Waals surface area contributed by atoms with Gasteiger partial charge in [-0.1, -0.05) is 6.07 Å². The molecule has 0 fully saturated rings. The molecule has 0 saturated heterocycles. The molecule has 1 aliphatic heterocycles. The average Bonchev–Trinajstić information content (AvgIpc) is 2.58. The zero-order valence-corrected chi connectivity index (χ0v) is 12.4. The maximum absolute atomic E-state index is 12.3. The number of hydrogen-bond acceptors (Lipinski definition) is 4. The van der Waals surface area contributed by atoms with Crippen LogP contribution in [-0.4, -0.2) is 36.6 Å². The van der Waals surface area contributed by atoms with Crippen molar-refractivity contribution >= 4 is 17.8 Å². The van der Waals surface area contributed by atoms with E-state index in [1.54, 1.807) is 18.2 Å². The molecule has 4 N–H and O–H groups in total. The highest BCUT2D eigenvalue weighted by Gasteiger charge is 2.14.